The fourth-order valence-corrected chi connectivity index (χ4v) is 1.97. The summed E-state index contributed by atoms with van der Waals surface area (Å²) in [4.78, 5) is 16.3. The second kappa shape index (κ2) is 6.25. The molecule has 7 heteroatoms. The van der Waals surface area contributed by atoms with Crippen LogP contribution < -0.4 is 10.5 Å². The second-order valence-corrected chi connectivity index (χ2v) is 4.41. The Kier molecular flexibility index (Phi) is 4.42. The van der Waals surface area contributed by atoms with E-state index in [0.29, 0.717) is 29.4 Å². The first-order valence-corrected chi connectivity index (χ1v) is 6.56. The molecule has 0 aliphatic carbocycles. The summed E-state index contributed by atoms with van der Waals surface area (Å²) < 4.78 is 11.9. The van der Waals surface area contributed by atoms with Crippen LogP contribution in [0.1, 0.15) is 28.7 Å². The average Bonchev–Trinajstić information content (AvgIpc) is 2.80. The van der Waals surface area contributed by atoms with Gasteiger partial charge in [0.1, 0.15) is 6.61 Å². The largest absolute Gasteiger partial charge is 0.481 e. The van der Waals surface area contributed by atoms with Gasteiger partial charge in [0, 0.05) is 12.7 Å². The molecule has 0 spiro atoms. The third-order valence-electron chi connectivity index (χ3n) is 3.07. The minimum atomic E-state index is -0.513. The number of hydrogen-bond donors (Lipinski definition) is 1. The Labute approximate surface area is 122 Å². The number of ether oxygens (including phenoxy) is 2. The first kappa shape index (κ1) is 14.8. The van der Waals surface area contributed by atoms with Crippen molar-refractivity contribution in [3.63, 3.8) is 0 Å². The quantitative estimate of drug-likeness (QED) is 0.840. The predicted octanol–water partition coefficient (Wildman–Crippen LogP) is 1.55. The maximum atomic E-state index is 12.2. The van der Waals surface area contributed by atoms with E-state index in [-0.39, 0.29) is 12.3 Å². The van der Waals surface area contributed by atoms with Gasteiger partial charge in [-0.3, -0.25) is 4.68 Å². The summed E-state index contributed by atoms with van der Waals surface area (Å²) in [5.41, 5.74) is 7.81. The van der Waals surface area contributed by atoms with E-state index in [2.05, 4.69) is 10.1 Å². The van der Waals surface area contributed by atoms with E-state index in [1.165, 1.54) is 11.8 Å². The van der Waals surface area contributed by atoms with E-state index in [1.54, 1.807) is 25.3 Å². The van der Waals surface area contributed by atoms with Crippen LogP contribution in [-0.4, -0.2) is 27.8 Å². The zero-order chi connectivity index (χ0) is 15.4. The molecule has 0 fully saturated rings. The number of nitrogens with two attached hydrogens (primary N) is 1. The fraction of sp³-hybridized carbons (Fsp3) is 0.357. The number of aryl methyl sites for hydroxylation is 2. The third kappa shape index (κ3) is 2.96. The molecule has 0 amide bonds. The van der Waals surface area contributed by atoms with E-state index in [9.17, 15) is 4.79 Å². The molecule has 21 heavy (non-hydrogen) atoms. The Morgan fingerprint density at radius 1 is 1.48 bits per heavy atom. The van der Waals surface area contributed by atoms with Crippen LogP contribution in [0.4, 0.5) is 5.69 Å². The van der Waals surface area contributed by atoms with Gasteiger partial charge in [-0.25, -0.2) is 9.78 Å². The van der Waals surface area contributed by atoms with Crippen molar-refractivity contribution in [2.75, 3.05) is 12.8 Å². The van der Waals surface area contributed by atoms with Gasteiger partial charge in [-0.1, -0.05) is 0 Å². The van der Waals surface area contributed by atoms with Gasteiger partial charge in [-0.2, -0.15) is 5.10 Å². The minimum absolute atomic E-state index is 0.0588. The number of nitrogens with zero attached hydrogens (tertiary/aromatic N) is 3. The number of rotatable bonds is 5. The molecule has 7 nitrogen and oxygen atoms in total. The highest BCUT2D eigenvalue weighted by molar-refractivity contribution is 5.93. The zero-order valence-electron chi connectivity index (χ0n) is 12.3. The average molecular weight is 290 g/mol. The van der Waals surface area contributed by atoms with Crippen LogP contribution in [0, 0.1) is 6.92 Å². The van der Waals surface area contributed by atoms with Crippen molar-refractivity contribution in [2.24, 2.45) is 0 Å². The van der Waals surface area contributed by atoms with Crippen molar-refractivity contribution in [1.29, 1.82) is 0 Å². The standard InChI is InChI=1S/C14H18N4O3/c1-4-18-12(11(15)9(2)17-18)14(19)21-8-10-6-5-7-16-13(10)20-3/h5-7H,4,8,15H2,1-3H3. The molecule has 0 saturated heterocycles. The van der Waals surface area contributed by atoms with Crippen LogP contribution in [0.3, 0.4) is 0 Å². The number of hydrogen-bond acceptors (Lipinski definition) is 6. The summed E-state index contributed by atoms with van der Waals surface area (Å²) in [5, 5.41) is 4.19. The lowest BCUT2D eigenvalue weighted by molar-refractivity contribution is 0.0456. The lowest BCUT2D eigenvalue weighted by Crippen LogP contribution is -2.14. The summed E-state index contributed by atoms with van der Waals surface area (Å²) in [6.07, 6.45) is 1.61. The van der Waals surface area contributed by atoms with Crippen LogP contribution in [0.5, 0.6) is 5.88 Å². The predicted molar refractivity (Wildman–Crippen MR) is 77.0 cm³/mol. The molecule has 2 N–H and O–H groups in total. The monoisotopic (exact) mass is 290 g/mol. The Bertz CT molecular complexity index is 652. The highest BCUT2D eigenvalue weighted by Gasteiger charge is 2.21. The van der Waals surface area contributed by atoms with Gasteiger partial charge in [-0.15, -0.1) is 0 Å². The fourth-order valence-electron chi connectivity index (χ4n) is 1.97. The van der Waals surface area contributed by atoms with Crippen molar-refractivity contribution >= 4 is 11.7 Å². The van der Waals surface area contributed by atoms with Crippen molar-refractivity contribution in [1.82, 2.24) is 14.8 Å². The molecule has 0 aliphatic rings. The van der Waals surface area contributed by atoms with Gasteiger partial charge >= 0.3 is 5.97 Å². The molecule has 2 aromatic rings. The summed E-state index contributed by atoms with van der Waals surface area (Å²) in [7, 11) is 1.52. The molecular formula is C14H18N4O3. The number of methoxy groups -OCH3 is 1. The second-order valence-electron chi connectivity index (χ2n) is 4.41. The van der Waals surface area contributed by atoms with Crippen molar-refractivity contribution in [3.05, 3.63) is 35.3 Å². The molecule has 0 atom stereocenters. The molecule has 0 saturated carbocycles. The van der Waals surface area contributed by atoms with E-state index >= 15 is 0 Å². The van der Waals surface area contributed by atoms with Crippen LogP contribution >= 0.6 is 0 Å². The minimum Gasteiger partial charge on any atom is -0.481 e. The van der Waals surface area contributed by atoms with Crippen LogP contribution in [-0.2, 0) is 17.9 Å². The topological polar surface area (TPSA) is 92.3 Å². The lowest BCUT2D eigenvalue weighted by Gasteiger charge is -2.09. The number of carbonyl (C=O) groups is 1. The van der Waals surface area contributed by atoms with Gasteiger partial charge in [-0.05, 0) is 26.0 Å². The first-order chi connectivity index (χ1) is 10.1. The first-order valence-electron chi connectivity index (χ1n) is 6.56. The summed E-state index contributed by atoms with van der Waals surface area (Å²) in [6, 6.07) is 3.53. The van der Waals surface area contributed by atoms with E-state index in [0.717, 1.165) is 0 Å². The van der Waals surface area contributed by atoms with Gasteiger partial charge in [0.2, 0.25) is 5.88 Å². The number of carbonyl (C=O) groups excluding carboxylic acids is 1. The number of pyridine rings is 1. The highest BCUT2D eigenvalue weighted by atomic mass is 16.5. The van der Waals surface area contributed by atoms with Gasteiger partial charge in [0.25, 0.3) is 0 Å². The molecular weight excluding hydrogens is 272 g/mol. The van der Waals surface area contributed by atoms with Gasteiger partial charge in [0.15, 0.2) is 5.69 Å². The number of aromatic nitrogens is 3. The van der Waals surface area contributed by atoms with Crippen molar-refractivity contribution in [3.8, 4) is 5.88 Å². The van der Waals surface area contributed by atoms with Crippen molar-refractivity contribution < 1.29 is 14.3 Å². The van der Waals surface area contributed by atoms with E-state index in [1.807, 2.05) is 6.92 Å². The zero-order valence-corrected chi connectivity index (χ0v) is 12.3. The molecule has 2 rings (SSSR count). The molecule has 0 radical (unpaired) electrons. The smallest absolute Gasteiger partial charge is 0.359 e. The number of nitrogen functional groups attached to an aromatic ring is 1. The number of esters is 1. The SMILES string of the molecule is CCn1nc(C)c(N)c1C(=O)OCc1cccnc1OC. The normalized spacial score (nSPS) is 10.4. The van der Waals surface area contributed by atoms with Crippen LogP contribution in [0.25, 0.3) is 0 Å². The molecule has 2 heterocycles. The molecule has 0 aliphatic heterocycles. The highest BCUT2D eigenvalue weighted by Crippen LogP contribution is 2.20. The lowest BCUT2D eigenvalue weighted by atomic mass is 10.3. The van der Waals surface area contributed by atoms with Crippen LogP contribution in [0.15, 0.2) is 18.3 Å². The summed E-state index contributed by atoms with van der Waals surface area (Å²) in [5.74, 6) is -0.0840. The third-order valence-corrected chi connectivity index (χ3v) is 3.07. The van der Waals surface area contributed by atoms with E-state index < -0.39 is 5.97 Å². The maximum Gasteiger partial charge on any atom is 0.359 e. The Morgan fingerprint density at radius 2 is 2.24 bits per heavy atom. The Morgan fingerprint density at radius 3 is 2.90 bits per heavy atom. The molecule has 0 unspecified atom stereocenters. The summed E-state index contributed by atoms with van der Waals surface area (Å²) >= 11 is 0. The molecule has 0 bridgehead atoms. The maximum absolute atomic E-state index is 12.2. The van der Waals surface area contributed by atoms with Crippen molar-refractivity contribution in [2.45, 2.75) is 27.0 Å². The van der Waals surface area contributed by atoms with Crippen LogP contribution in [0.2, 0.25) is 0 Å². The Hall–Kier alpha value is -2.57. The molecule has 0 aromatic carbocycles. The Balaban J connectivity index is 2.16. The molecule has 2 aromatic heterocycles. The number of anilines is 1. The van der Waals surface area contributed by atoms with Gasteiger partial charge < -0.3 is 15.2 Å². The summed E-state index contributed by atoms with van der Waals surface area (Å²) in [6.45, 7) is 4.23. The molecule has 112 valence electrons. The van der Waals surface area contributed by atoms with E-state index in [4.69, 9.17) is 15.2 Å². The van der Waals surface area contributed by atoms with Gasteiger partial charge in [0.05, 0.1) is 24.1 Å².